The number of para-hydroxylation sites is 3. The number of rotatable bonds is 4. The first kappa shape index (κ1) is 31.3. The van der Waals surface area contributed by atoms with Gasteiger partial charge in [-0.05, 0) is 87.5 Å². The molecular formula is C46H42N4O. The van der Waals surface area contributed by atoms with Gasteiger partial charge in [-0.2, -0.15) is 0 Å². The SMILES string of the molecule is CC(C)(C)c1ccnc(-n2c3ccccc3c3ccc(Oc4ccc5c(c4)-n4[c-][n+](-c6ccccc6)c6cccc(c64)C(C)(C)C5(C)C)cc32)c1. The number of pyridine rings is 1. The summed E-state index contributed by atoms with van der Waals surface area (Å²) in [6.07, 6.45) is 5.68. The van der Waals surface area contributed by atoms with Crippen LogP contribution in [0, 0.1) is 6.33 Å². The number of hydrogen-bond donors (Lipinski definition) is 0. The van der Waals surface area contributed by atoms with E-state index in [9.17, 15) is 0 Å². The molecule has 4 heterocycles. The molecule has 0 radical (unpaired) electrons. The lowest BCUT2D eigenvalue weighted by atomic mass is 9.61. The van der Waals surface area contributed by atoms with Crippen molar-refractivity contribution in [2.75, 3.05) is 0 Å². The third kappa shape index (κ3) is 4.67. The minimum absolute atomic E-state index is 0.00341. The molecule has 1 aliphatic rings. The van der Waals surface area contributed by atoms with Crippen LogP contribution in [0.4, 0.5) is 0 Å². The van der Waals surface area contributed by atoms with Crippen LogP contribution in [0.25, 0.3) is 50.0 Å². The van der Waals surface area contributed by atoms with Crippen molar-refractivity contribution in [2.45, 2.75) is 64.7 Å². The lowest BCUT2D eigenvalue weighted by molar-refractivity contribution is -0.572. The van der Waals surface area contributed by atoms with E-state index in [0.717, 1.165) is 45.2 Å². The van der Waals surface area contributed by atoms with Crippen LogP contribution in [0.2, 0.25) is 0 Å². The minimum Gasteiger partial charge on any atom is -0.458 e. The Balaban J connectivity index is 1.21. The van der Waals surface area contributed by atoms with Crippen LogP contribution >= 0.6 is 0 Å². The molecule has 9 rings (SSSR count). The van der Waals surface area contributed by atoms with Gasteiger partial charge in [-0.3, -0.25) is 13.7 Å². The van der Waals surface area contributed by atoms with Crippen molar-refractivity contribution in [2.24, 2.45) is 0 Å². The summed E-state index contributed by atoms with van der Waals surface area (Å²) in [6.45, 7) is 16.2. The van der Waals surface area contributed by atoms with Crippen LogP contribution in [0.1, 0.15) is 65.2 Å². The molecule has 0 unspecified atom stereocenters. The summed E-state index contributed by atoms with van der Waals surface area (Å²) in [7, 11) is 0. The maximum Gasteiger partial charge on any atom is 0.269 e. The van der Waals surface area contributed by atoms with Gasteiger partial charge in [0.1, 0.15) is 17.3 Å². The Morgan fingerprint density at radius 3 is 2.18 bits per heavy atom. The smallest absolute Gasteiger partial charge is 0.269 e. The van der Waals surface area contributed by atoms with Crippen LogP contribution < -0.4 is 9.30 Å². The second kappa shape index (κ2) is 10.9. The van der Waals surface area contributed by atoms with Crippen molar-refractivity contribution in [3.05, 3.63) is 151 Å². The molecule has 252 valence electrons. The van der Waals surface area contributed by atoms with Gasteiger partial charge < -0.3 is 4.74 Å². The second-order valence-corrected chi connectivity index (χ2v) is 16.0. The number of aromatic nitrogens is 4. The summed E-state index contributed by atoms with van der Waals surface area (Å²) >= 11 is 0. The fourth-order valence-electron chi connectivity index (χ4n) is 7.97. The molecule has 5 aromatic carbocycles. The van der Waals surface area contributed by atoms with E-state index in [4.69, 9.17) is 9.72 Å². The summed E-state index contributed by atoms with van der Waals surface area (Å²) in [5, 5.41) is 2.35. The molecule has 0 bridgehead atoms. The van der Waals surface area contributed by atoms with Crippen molar-refractivity contribution in [3.63, 3.8) is 0 Å². The van der Waals surface area contributed by atoms with Gasteiger partial charge >= 0.3 is 0 Å². The van der Waals surface area contributed by atoms with Crippen LogP contribution in [0.15, 0.2) is 128 Å². The topological polar surface area (TPSA) is 35.9 Å². The number of hydrogen-bond acceptors (Lipinski definition) is 2. The Labute approximate surface area is 299 Å². The van der Waals surface area contributed by atoms with E-state index in [2.05, 4.69) is 190 Å². The van der Waals surface area contributed by atoms with Gasteiger partial charge in [-0.15, -0.1) is 0 Å². The number of imidazole rings is 1. The third-order valence-corrected chi connectivity index (χ3v) is 11.5. The van der Waals surface area contributed by atoms with Crippen molar-refractivity contribution in [3.8, 4) is 28.7 Å². The molecule has 0 spiro atoms. The molecule has 5 nitrogen and oxygen atoms in total. The van der Waals surface area contributed by atoms with Crippen LogP contribution in [0.3, 0.4) is 0 Å². The molecule has 3 aromatic heterocycles. The summed E-state index contributed by atoms with van der Waals surface area (Å²) in [4.78, 5) is 4.87. The molecule has 0 aliphatic carbocycles. The maximum absolute atomic E-state index is 6.79. The summed E-state index contributed by atoms with van der Waals surface area (Å²) < 4.78 is 13.5. The van der Waals surface area contributed by atoms with E-state index in [-0.39, 0.29) is 16.2 Å². The molecule has 0 N–H and O–H groups in total. The van der Waals surface area contributed by atoms with Crippen molar-refractivity contribution in [1.29, 1.82) is 0 Å². The first-order valence-electron chi connectivity index (χ1n) is 17.8. The fourth-order valence-corrected chi connectivity index (χ4v) is 7.97. The maximum atomic E-state index is 6.79. The van der Waals surface area contributed by atoms with Gasteiger partial charge in [0, 0.05) is 23.0 Å². The number of benzene rings is 5. The Morgan fingerprint density at radius 2 is 1.37 bits per heavy atom. The number of nitrogens with zero attached hydrogens (tertiary/aromatic N) is 4. The Kier molecular flexibility index (Phi) is 6.70. The normalized spacial score (nSPS) is 14.9. The third-order valence-electron chi connectivity index (χ3n) is 11.5. The summed E-state index contributed by atoms with van der Waals surface area (Å²) in [6, 6.07) is 43.0. The average molecular weight is 667 g/mol. The van der Waals surface area contributed by atoms with Crippen LogP contribution in [0.5, 0.6) is 11.5 Å². The monoisotopic (exact) mass is 666 g/mol. The van der Waals surface area contributed by atoms with Gasteiger partial charge in [0.15, 0.2) is 0 Å². The fraction of sp³-hybridized carbons (Fsp3) is 0.217. The highest BCUT2D eigenvalue weighted by Crippen LogP contribution is 2.51. The van der Waals surface area contributed by atoms with E-state index < -0.39 is 0 Å². The largest absolute Gasteiger partial charge is 0.458 e. The highest BCUT2D eigenvalue weighted by atomic mass is 16.5. The molecular weight excluding hydrogens is 625 g/mol. The van der Waals surface area contributed by atoms with Crippen molar-refractivity contribution < 1.29 is 9.30 Å². The first-order chi connectivity index (χ1) is 24.4. The van der Waals surface area contributed by atoms with Gasteiger partial charge in [-0.1, -0.05) is 109 Å². The molecule has 0 saturated heterocycles. The quantitative estimate of drug-likeness (QED) is 0.138. The molecule has 5 heteroatoms. The Morgan fingerprint density at radius 1 is 0.667 bits per heavy atom. The number of fused-ring (bicyclic) bond motifs is 5. The van der Waals surface area contributed by atoms with Gasteiger partial charge in [0.05, 0.1) is 33.4 Å². The average Bonchev–Trinajstić information content (AvgIpc) is 3.66. The molecule has 51 heavy (non-hydrogen) atoms. The van der Waals surface area contributed by atoms with Crippen molar-refractivity contribution in [1.82, 2.24) is 14.1 Å². The van der Waals surface area contributed by atoms with E-state index >= 15 is 0 Å². The number of ether oxygens (including phenoxy) is 1. The van der Waals surface area contributed by atoms with E-state index in [1.54, 1.807) is 0 Å². The zero-order valence-electron chi connectivity index (χ0n) is 30.3. The summed E-state index contributed by atoms with van der Waals surface area (Å²) in [5.41, 5.74) is 10.1. The molecule has 0 fully saturated rings. The highest BCUT2D eigenvalue weighted by Gasteiger charge is 2.44. The van der Waals surface area contributed by atoms with Crippen LogP contribution in [-0.2, 0) is 16.2 Å². The second-order valence-electron chi connectivity index (χ2n) is 16.0. The predicted molar refractivity (Wildman–Crippen MR) is 207 cm³/mol. The minimum atomic E-state index is -0.186. The lowest BCUT2D eigenvalue weighted by Gasteiger charge is -2.42. The molecule has 8 aromatic rings. The van der Waals surface area contributed by atoms with E-state index in [0.29, 0.717) is 0 Å². The standard InChI is InChI=1S/C46H42N4O/c1-44(2,3)30-24-25-47-42(26-30)50-38-18-12-11-16-34(38)35-22-20-32(27-40(35)50)51-33-21-23-36-41(28-33)49-29-48(31-14-9-8-10-15-31)39-19-13-17-37(43(39)49)46(6,7)45(36,4)5/h8-28H,1-7H3. The van der Waals surface area contributed by atoms with Gasteiger partial charge in [-0.25, -0.2) is 4.98 Å². The lowest BCUT2D eigenvalue weighted by Crippen LogP contribution is -2.40. The van der Waals surface area contributed by atoms with Crippen LogP contribution in [-0.4, -0.2) is 14.1 Å². The van der Waals surface area contributed by atoms with Gasteiger partial charge in [0.2, 0.25) is 0 Å². The van der Waals surface area contributed by atoms with Gasteiger partial charge in [0.25, 0.3) is 6.33 Å². The van der Waals surface area contributed by atoms with E-state index in [1.807, 2.05) is 6.20 Å². The predicted octanol–water partition coefficient (Wildman–Crippen LogP) is 10.9. The molecule has 0 atom stereocenters. The Hall–Kier alpha value is -5.68. The highest BCUT2D eigenvalue weighted by molar-refractivity contribution is 6.09. The zero-order valence-corrected chi connectivity index (χ0v) is 30.3. The molecule has 0 amide bonds. The van der Waals surface area contributed by atoms with E-state index in [1.165, 1.54) is 33.0 Å². The van der Waals surface area contributed by atoms with Crippen molar-refractivity contribution >= 4 is 32.8 Å². The zero-order chi connectivity index (χ0) is 35.3. The molecule has 0 saturated carbocycles. The summed E-state index contributed by atoms with van der Waals surface area (Å²) in [5.74, 6) is 2.45. The molecule has 1 aliphatic heterocycles. The first-order valence-corrected chi connectivity index (χ1v) is 17.8. The Bertz CT molecular complexity index is 2650.